The molecular formula is C21H18F3NO2. The SMILES string of the molecule is O=C(c1ccc(F)cc1F)C1CCN(C(=O)C=Cc2ccccc2F)CC1. The number of halogens is 3. The van der Waals surface area contributed by atoms with Crippen molar-refractivity contribution in [2.45, 2.75) is 12.8 Å². The molecule has 0 unspecified atom stereocenters. The summed E-state index contributed by atoms with van der Waals surface area (Å²) in [4.78, 5) is 26.3. The number of piperidine rings is 1. The molecule has 2 aromatic carbocycles. The molecule has 0 atom stereocenters. The molecule has 27 heavy (non-hydrogen) atoms. The molecule has 3 rings (SSSR count). The fourth-order valence-electron chi connectivity index (χ4n) is 3.15. The predicted molar refractivity (Wildman–Crippen MR) is 95.4 cm³/mol. The van der Waals surface area contributed by atoms with Crippen molar-refractivity contribution in [2.75, 3.05) is 13.1 Å². The number of nitrogens with zero attached hydrogens (tertiary/aromatic N) is 1. The zero-order valence-electron chi connectivity index (χ0n) is 14.5. The second-order valence-corrected chi connectivity index (χ2v) is 6.44. The maximum absolute atomic E-state index is 13.8. The summed E-state index contributed by atoms with van der Waals surface area (Å²) in [5, 5.41) is 0. The van der Waals surface area contributed by atoms with E-state index in [4.69, 9.17) is 0 Å². The zero-order chi connectivity index (χ0) is 19.4. The van der Waals surface area contributed by atoms with Crippen LogP contribution in [-0.2, 0) is 4.79 Å². The van der Waals surface area contributed by atoms with Gasteiger partial charge in [-0.25, -0.2) is 13.2 Å². The molecule has 0 spiro atoms. The normalized spacial score (nSPS) is 15.3. The Labute approximate surface area is 155 Å². The highest BCUT2D eigenvalue weighted by atomic mass is 19.1. The van der Waals surface area contributed by atoms with Gasteiger partial charge in [0.1, 0.15) is 17.5 Å². The van der Waals surface area contributed by atoms with Gasteiger partial charge in [0.15, 0.2) is 5.78 Å². The summed E-state index contributed by atoms with van der Waals surface area (Å²) in [6.07, 6.45) is 3.52. The largest absolute Gasteiger partial charge is 0.339 e. The van der Waals surface area contributed by atoms with Crippen molar-refractivity contribution < 1.29 is 22.8 Å². The Hall–Kier alpha value is -2.89. The van der Waals surface area contributed by atoms with Gasteiger partial charge < -0.3 is 4.90 Å². The number of Topliss-reactive ketones (excluding diaryl/α,β-unsaturated/α-hetero) is 1. The summed E-state index contributed by atoms with van der Waals surface area (Å²) in [6.45, 7) is 0.694. The number of ketones is 1. The van der Waals surface area contributed by atoms with E-state index in [0.717, 1.165) is 12.1 Å². The molecule has 1 saturated heterocycles. The fourth-order valence-corrected chi connectivity index (χ4v) is 3.15. The fraction of sp³-hybridized carbons (Fsp3) is 0.238. The van der Waals surface area contributed by atoms with Crippen LogP contribution in [0.2, 0.25) is 0 Å². The first-order chi connectivity index (χ1) is 13.0. The van der Waals surface area contributed by atoms with Crippen LogP contribution in [0.5, 0.6) is 0 Å². The molecule has 0 saturated carbocycles. The summed E-state index contributed by atoms with van der Waals surface area (Å²) in [6, 6.07) is 9.04. The highest BCUT2D eigenvalue weighted by molar-refractivity contribution is 5.98. The summed E-state index contributed by atoms with van der Waals surface area (Å²) in [7, 11) is 0. The maximum atomic E-state index is 13.8. The van der Waals surface area contributed by atoms with Gasteiger partial charge in [0.25, 0.3) is 0 Å². The van der Waals surface area contributed by atoms with Gasteiger partial charge in [0.2, 0.25) is 5.91 Å². The Balaban J connectivity index is 1.59. The molecule has 0 aromatic heterocycles. The number of hydrogen-bond acceptors (Lipinski definition) is 2. The first kappa shape index (κ1) is 18.9. The van der Waals surface area contributed by atoms with Gasteiger partial charge in [-0.3, -0.25) is 9.59 Å². The van der Waals surface area contributed by atoms with E-state index in [1.165, 1.54) is 18.2 Å². The topological polar surface area (TPSA) is 37.4 Å². The molecule has 1 aliphatic heterocycles. The minimum Gasteiger partial charge on any atom is -0.339 e. The summed E-state index contributed by atoms with van der Waals surface area (Å²) in [5.41, 5.74) is 0.198. The highest BCUT2D eigenvalue weighted by Gasteiger charge is 2.28. The predicted octanol–water partition coefficient (Wildman–Crippen LogP) is 4.24. The van der Waals surface area contributed by atoms with E-state index in [1.54, 1.807) is 23.1 Å². The van der Waals surface area contributed by atoms with Crippen molar-refractivity contribution >= 4 is 17.8 Å². The molecule has 1 aliphatic rings. The van der Waals surface area contributed by atoms with E-state index in [0.29, 0.717) is 37.6 Å². The Morgan fingerprint density at radius 2 is 1.67 bits per heavy atom. The standard InChI is InChI=1S/C21H18F3NO2/c22-16-6-7-17(19(24)13-16)21(27)15-9-11-25(12-10-15)20(26)8-5-14-3-1-2-4-18(14)23/h1-8,13,15H,9-12H2. The van der Waals surface area contributed by atoms with Crippen LogP contribution in [0, 0.1) is 23.4 Å². The number of benzene rings is 2. The average Bonchev–Trinajstić information content (AvgIpc) is 2.67. The smallest absolute Gasteiger partial charge is 0.246 e. The molecule has 140 valence electrons. The number of hydrogen-bond donors (Lipinski definition) is 0. The quantitative estimate of drug-likeness (QED) is 0.594. The molecule has 1 fully saturated rings. The van der Waals surface area contributed by atoms with Gasteiger partial charge in [-0.15, -0.1) is 0 Å². The summed E-state index contributed by atoms with van der Waals surface area (Å²) in [5.74, 6) is -3.06. The molecule has 0 bridgehead atoms. The number of carbonyl (C=O) groups excluding carboxylic acids is 2. The minimum absolute atomic E-state index is 0.124. The van der Waals surface area contributed by atoms with Crippen LogP contribution in [0.1, 0.15) is 28.8 Å². The molecule has 1 heterocycles. The molecular weight excluding hydrogens is 355 g/mol. The maximum Gasteiger partial charge on any atom is 0.246 e. The highest BCUT2D eigenvalue weighted by Crippen LogP contribution is 2.24. The van der Waals surface area contributed by atoms with Crippen LogP contribution < -0.4 is 0 Å². The average molecular weight is 373 g/mol. The molecule has 1 amide bonds. The third kappa shape index (κ3) is 4.45. The van der Waals surface area contributed by atoms with Gasteiger partial charge in [-0.2, -0.15) is 0 Å². The van der Waals surface area contributed by atoms with Crippen LogP contribution in [0.3, 0.4) is 0 Å². The number of carbonyl (C=O) groups is 2. The van der Waals surface area contributed by atoms with Gasteiger partial charge >= 0.3 is 0 Å². The first-order valence-electron chi connectivity index (χ1n) is 8.66. The van der Waals surface area contributed by atoms with Gasteiger partial charge in [0, 0.05) is 36.7 Å². The minimum atomic E-state index is -0.869. The van der Waals surface area contributed by atoms with E-state index in [9.17, 15) is 22.8 Å². The Kier molecular flexibility index (Phi) is 5.74. The number of rotatable bonds is 4. The van der Waals surface area contributed by atoms with Gasteiger partial charge in [-0.05, 0) is 37.1 Å². The Bertz CT molecular complexity index is 887. The lowest BCUT2D eigenvalue weighted by molar-refractivity contribution is -0.127. The van der Waals surface area contributed by atoms with Crippen molar-refractivity contribution in [1.82, 2.24) is 4.90 Å². The molecule has 6 heteroatoms. The van der Waals surface area contributed by atoms with Gasteiger partial charge in [-0.1, -0.05) is 18.2 Å². The lowest BCUT2D eigenvalue weighted by Crippen LogP contribution is -2.39. The Morgan fingerprint density at radius 3 is 2.33 bits per heavy atom. The van der Waals surface area contributed by atoms with Crippen molar-refractivity contribution in [2.24, 2.45) is 5.92 Å². The lowest BCUT2D eigenvalue weighted by Gasteiger charge is -2.30. The molecule has 0 N–H and O–H groups in total. The van der Waals surface area contributed by atoms with E-state index in [2.05, 4.69) is 0 Å². The van der Waals surface area contributed by atoms with Crippen LogP contribution in [-0.4, -0.2) is 29.7 Å². The molecule has 0 aliphatic carbocycles. The Morgan fingerprint density at radius 1 is 0.963 bits per heavy atom. The summed E-state index contributed by atoms with van der Waals surface area (Å²) < 4.78 is 40.4. The number of likely N-dealkylation sites (tertiary alicyclic amines) is 1. The molecule has 0 radical (unpaired) electrons. The van der Waals surface area contributed by atoms with Crippen LogP contribution in [0.15, 0.2) is 48.5 Å². The summed E-state index contributed by atoms with van der Waals surface area (Å²) >= 11 is 0. The third-order valence-corrected chi connectivity index (χ3v) is 4.68. The van der Waals surface area contributed by atoms with Crippen LogP contribution >= 0.6 is 0 Å². The first-order valence-corrected chi connectivity index (χ1v) is 8.66. The third-order valence-electron chi connectivity index (χ3n) is 4.68. The van der Waals surface area contributed by atoms with E-state index >= 15 is 0 Å². The van der Waals surface area contributed by atoms with E-state index < -0.39 is 23.4 Å². The van der Waals surface area contributed by atoms with E-state index in [-0.39, 0.29) is 17.3 Å². The molecule has 3 nitrogen and oxygen atoms in total. The van der Waals surface area contributed by atoms with Crippen LogP contribution in [0.25, 0.3) is 6.08 Å². The van der Waals surface area contributed by atoms with Crippen molar-refractivity contribution in [1.29, 1.82) is 0 Å². The molecule has 2 aromatic rings. The monoisotopic (exact) mass is 373 g/mol. The second kappa shape index (κ2) is 8.20. The second-order valence-electron chi connectivity index (χ2n) is 6.44. The van der Waals surface area contributed by atoms with Crippen LogP contribution in [0.4, 0.5) is 13.2 Å². The lowest BCUT2D eigenvalue weighted by atomic mass is 9.88. The number of amides is 1. The van der Waals surface area contributed by atoms with E-state index in [1.807, 2.05) is 0 Å². The van der Waals surface area contributed by atoms with Crippen molar-refractivity contribution in [3.63, 3.8) is 0 Å². The van der Waals surface area contributed by atoms with Gasteiger partial charge in [0.05, 0.1) is 5.56 Å². The van der Waals surface area contributed by atoms with Crippen molar-refractivity contribution in [3.8, 4) is 0 Å². The van der Waals surface area contributed by atoms with Crippen molar-refractivity contribution in [3.05, 3.63) is 77.1 Å². The zero-order valence-corrected chi connectivity index (χ0v) is 14.5.